The molecule has 1 N–H and O–H groups in total. The molecule has 0 atom stereocenters. The first-order valence-corrected chi connectivity index (χ1v) is 10.6. The predicted molar refractivity (Wildman–Crippen MR) is 116 cm³/mol. The zero-order valence-corrected chi connectivity index (χ0v) is 17.8. The zero-order chi connectivity index (χ0) is 20.1. The number of amides is 1. The number of ether oxygens (including phenoxy) is 2. The van der Waals surface area contributed by atoms with Crippen LogP contribution in [0.5, 0.6) is 11.5 Å². The number of nitrogens with one attached hydrogen (secondary N) is 1. The Bertz CT molecular complexity index is 823. The van der Waals surface area contributed by atoms with Crippen LogP contribution in [0.15, 0.2) is 30.3 Å². The minimum Gasteiger partial charge on any atom is -0.496 e. The van der Waals surface area contributed by atoms with Gasteiger partial charge in [-0.1, -0.05) is 12.1 Å². The first-order valence-electron chi connectivity index (χ1n) is 9.45. The van der Waals surface area contributed by atoms with Crippen molar-refractivity contribution in [1.82, 2.24) is 4.90 Å². The van der Waals surface area contributed by atoms with Crippen LogP contribution in [-0.2, 0) is 6.54 Å². The fourth-order valence-electron chi connectivity index (χ4n) is 3.39. The van der Waals surface area contributed by atoms with E-state index in [4.69, 9.17) is 9.47 Å². The molecule has 2 aromatic rings. The van der Waals surface area contributed by atoms with E-state index in [1.165, 1.54) is 17.1 Å². The van der Waals surface area contributed by atoms with Crippen LogP contribution in [0.1, 0.15) is 27.0 Å². The standard InChI is InChI=1S/C22H28N2O3S/c1-15-11-17(14-24-7-9-28-10-8-24)5-6-19(15)23-22(25)18-12-20(26-3)16(2)21(13-18)27-4/h5-6,11-13H,7-10,14H2,1-4H3,(H,23,25). The lowest BCUT2D eigenvalue weighted by atomic mass is 10.1. The van der Waals surface area contributed by atoms with Crippen LogP contribution in [0.25, 0.3) is 0 Å². The highest BCUT2D eigenvalue weighted by Crippen LogP contribution is 2.30. The van der Waals surface area contributed by atoms with Gasteiger partial charge in [0.25, 0.3) is 5.91 Å². The van der Waals surface area contributed by atoms with Crippen molar-refractivity contribution in [3.63, 3.8) is 0 Å². The molecule has 2 aromatic carbocycles. The van der Waals surface area contributed by atoms with Crippen molar-refractivity contribution < 1.29 is 14.3 Å². The van der Waals surface area contributed by atoms with E-state index in [9.17, 15) is 4.79 Å². The molecule has 150 valence electrons. The number of hydrogen-bond acceptors (Lipinski definition) is 5. The van der Waals surface area contributed by atoms with Crippen molar-refractivity contribution >= 4 is 23.4 Å². The van der Waals surface area contributed by atoms with Crippen molar-refractivity contribution in [2.24, 2.45) is 0 Å². The molecule has 0 radical (unpaired) electrons. The molecular weight excluding hydrogens is 372 g/mol. The molecule has 3 rings (SSSR count). The number of carbonyl (C=O) groups is 1. The molecule has 0 aliphatic carbocycles. The summed E-state index contributed by atoms with van der Waals surface area (Å²) in [4.78, 5) is 15.3. The maximum Gasteiger partial charge on any atom is 0.255 e. The number of hydrogen-bond donors (Lipinski definition) is 1. The number of benzene rings is 2. The molecule has 0 unspecified atom stereocenters. The lowest BCUT2D eigenvalue weighted by Gasteiger charge is -2.26. The molecule has 0 spiro atoms. The van der Waals surface area contributed by atoms with Crippen molar-refractivity contribution in [2.45, 2.75) is 20.4 Å². The van der Waals surface area contributed by atoms with Gasteiger partial charge in [-0.2, -0.15) is 11.8 Å². The van der Waals surface area contributed by atoms with Gasteiger partial charge in [-0.05, 0) is 43.2 Å². The normalized spacial score (nSPS) is 14.6. The Morgan fingerprint density at radius 2 is 1.71 bits per heavy atom. The topological polar surface area (TPSA) is 50.8 Å². The predicted octanol–water partition coefficient (Wildman–Crippen LogP) is 4.12. The molecule has 0 aromatic heterocycles. The number of nitrogens with zero attached hydrogens (tertiary/aromatic N) is 1. The average Bonchev–Trinajstić information content (AvgIpc) is 2.71. The van der Waals surface area contributed by atoms with Gasteiger partial charge in [-0.25, -0.2) is 0 Å². The second-order valence-electron chi connectivity index (χ2n) is 7.00. The number of rotatable bonds is 6. The molecular formula is C22H28N2O3S. The summed E-state index contributed by atoms with van der Waals surface area (Å²) in [5, 5.41) is 3.01. The third-order valence-electron chi connectivity index (χ3n) is 5.06. The fraction of sp³-hybridized carbons (Fsp3) is 0.409. The van der Waals surface area contributed by atoms with Gasteiger partial charge in [0.2, 0.25) is 0 Å². The van der Waals surface area contributed by atoms with Crippen LogP contribution >= 0.6 is 11.8 Å². The van der Waals surface area contributed by atoms with Crippen molar-refractivity contribution in [1.29, 1.82) is 0 Å². The smallest absolute Gasteiger partial charge is 0.255 e. The van der Waals surface area contributed by atoms with E-state index < -0.39 is 0 Å². The lowest BCUT2D eigenvalue weighted by Crippen LogP contribution is -2.31. The quantitative estimate of drug-likeness (QED) is 0.790. The third kappa shape index (κ3) is 4.80. The van der Waals surface area contributed by atoms with Gasteiger partial charge in [0, 0.05) is 48.0 Å². The first kappa shape index (κ1) is 20.6. The Kier molecular flexibility index (Phi) is 6.86. The second-order valence-corrected chi connectivity index (χ2v) is 8.22. The zero-order valence-electron chi connectivity index (χ0n) is 17.0. The SMILES string of the molecule is COc1cc(C(=O)Nc2ccc(CN3CCSCC3)cc2C)cc(OC)c1C. The van der Waals surface area contributed by atoms with Crippen LogP contribution in [0, 0.1) is 13.8 Å². The van der Waals surface area contributed by atoms with Gasteiger partial charge >= 0.3 is 0 Å². The third-order valence-corrected chi connectivity index (χ3v) is 6.01. The maximum absolute atomic E-state index is 12.8. The molecule has 6 heteroatoms. The second kappa shape index (κ2) is 9.34. The summed E-state index contributed by atoms with van der Waals surface area (Å²) in [6, 6.07) is 9.73. The van der Waals surface area contributed by atoms with Crippen LogP contribution in [0.4, 0.5) is 5.69 Å². The molecule has 1 saturated heterocycles. The molecule has 28 heavy (non-hydrogen) atoms. The van der Waals surface area contributed by atoms with E-state index in [0.29, 0.717) is 17.1 Å². The number of methoxy groups -OCH3 is 2. The Balaban J connectivity index is 1.73. The maximum atomic E-state index is 12.8. The largest absolute Gasteiger partial charge is 0.496 e. The first-order chi connectivity index (χ1) is 13.5. The number of carbonyl (C=O) groups excluding carboxylic acids is 1. The van der Waals surface area contributed by atoms with Crippen LogP contribution < -0.4 is 14.8 Å². The summed E-state index contributed by atoms with van der Waals surface area (Å²) in [5.74, 6) is 3.50. The van der Waals surface area contributed by atoms with Crippen molar-refractivity contribution in [2.75, 3.05) is 44.1 Å². The fourth-order valence-corrected chi connectivity index (χ4v) is 4.37. The number of aryl methyl sites for hydroxylation is 1. The highest BCUT2D eigenvalue weighted by molar-refractivity contribution is 7.99. The van der Waals surface area contributed by atoms with Gasteiger partial charge < -0.3 is 14.8 Å². The minimum absolute atomic E-state index is 0.180. The summed E-state index contributed by atoms with van der Waals surface area (Å²) in [7, 11) is 3.18. The van der Waals surface area contributed by atoms with Gasteiger partial charge in [0.15, 0.2) is 0 Å². The monoisotopic (exact) mass is 400 g/mol. The van der Waals surface area contributed by atoms with Gasteiger partial charge in [0.05, 0.1) is 14.2 Å². The van der Waals surface area contributed by atoms with Gasteiger partial charge in [-0.3, -0.25) is 9.69 Å². The minimum atomic E-state index is -0.180. The Hall–Kier alpha value is -2.18. The molecule has 1 fully saturated rings. The van der Waals surface area contributed by atoms with E-state index in [0.717, 1.165) is 36.4 Å². The van der Waals surface area contributed by atoms with E-state index in [1.54, 1.807) is 26.4 Å². The summed E-state index contributed by atoms with van der Waals surface area (Å²) < 4.78 is 10.7. The molecule has 0 bridgehead atoms. The van der Waals surface area contributed by atoms with E-state index in [2.05, 4.69) is 22.3 Å². The molecule has 1 heterocycles. The molecule has 1 aliphatic rings. The van der Waals surface area contributed by atoms with E-state index in [1.807, 2.05) is 31.7 Å². The molecule has 1 aliphatic heterocycles. The Labute approximate surface area is 171 Å². The summed E-state index contributed by atoms with van der Waals surface area (Å²) in [5.41, 5.74) is 4.54. The Morgan fingerprint density at radius 1 is 1.07 bits per heavy atom. The Morgan fingerprint density at radius 3 is 2.29 bits per heavy atom. The van der Waals surface area contributed by atoms with Gasteiger partial charge in [0.1, 0.15) is 11.5 Å². The highest BCUT2D eigenvalue weighted by Gasteiger charge is 2.15. The summed E-state index contributed by atoms with van der Waals surface area (Å²) in [6.07, 6.45) is 0. The summed E-state index contributed by atoms with van der Waals surface area (Å²) in [6.45, 7) is 7.17. The lowest BCUT2D eigenvalue weighted by molar-refractivity contribution is 0.102. The number of anilines is 1. The summed E-state index contributed by atoms with van der Waals surface area (Å²) >= 11 is 2.02. The van der Waals surface area contributed by atoms with E-state index >= 15 is 0 Å². The van der Waals surface area contributed by atoms with Crippen LogP contribution in [0.3, 0.4) is 0 Å². The van der Waals surface area contributed by atoms with Crippen LogP contribution in [0.2, 0.25) is 0 Å². The van der Waals surface area contributed by atoms with Crippen LogP contribution in [-0.4, -0.2) is 49.6 Å². The molecule has 5 nitrogen and oxygen atoms in total. The molecule has 1 amide bonds. The highest BCUT2D eigenvalue weighted by atomic mass is 32.2. The molecule has 0 saturated carbocycles. The number of thioether (sulfide) groups is 1. The van der Waals surface area contributed by atoms with Crippen molar-refractivity contribution in [3.05, 3.63) is 52.6 Å². The van der Waals surface area contributed by atoms with Gasteiger partial charge in [-0.15, -0.1) is 0 Å². The van der Waals surface area contributed by atoms with Crippen molar-refractivity contribution in [3.8, 4) is 11.5 Å². The average molecular weight is 401 g/mol. The van der Waals surface area contributed by atoms with E-state index in [-0.39, 0.29) is 5.91 Å².